The van der Waals surface area contributed by atoms with Gasteiger partial charge in [-0.25, -0.2) is 0 Å². The number of carbonyl (C=O) groups excluding carboxylic acids is 2. The summed E-state index contributed by atoms with van der Waals surface area (Å²) in [4.78, 5) is 24.3. The molecular weight excluding hydrogens is 350 g/mol. The monoisotopic (exact) mass is 365 g/mol. The van der Waals surface area contributed by atoms with Gasteiger partial charge in [-0.2, -0.15) is 0 Å². The van der Waals surface area contributed by atoms with Gasteiger partial charge < -0.3 is 10.1 Å². The van der Waals surface area contributed by atoms with Gasteiger partial charge in [0.25, 0.3) is 5.91 Å². The Morgan fingerprint density at radius 3 is 2.12 bits per heavy atom. The summed E-state index contributed by atoms with van der Waals surface area (Å²) in [6, 6.07) is 22.7. The van der Waals surface area contributed by atoms with E-state index < -0.39 is 0 Å². The van der Waals surface area contributed by atoms with Crippen molar-refractivity contribution in [2.24, 2.45) is 0 Å². The van der Waals surface area contributed by atoms with Crippen molar-refractivity contribution < 1.29 is 14.3 Å². The number of ketones is 1. The maximum absolute atomic E-state index is 12.3. The van der Waals surface area contributed by atoms with Crippen LogP contribution >= 0.6 is 11.6 Å². The number of para-hydroxylation sites is 1. The van der Waals surface area contributed by atoms with E-state index in [-0.39, 0.29) is 18.3 Å². The molecule has 1 N–H and O–H groups in total. The number of hydrogen-bond acceptors (Lipinski definition) is 3. The third kappa shape index (κ3) is 4.49. The van der Waals surface area contributed by atoms with Gasteiger partial charge in [0.2, 0.25) is 0 Å². The van der Waals surface area contributed by atoms with Gasteiger partial charge in [-0.1, -0.05) is 54.1 Å². The molecule has 26 heavy (non-hydrogen) atoms. The van der Waals surface area contributed by atoms with E-state index in [0.29, 0.717) is 27.6 Å². The third-order valence-electron chi connectivity index (χ3n) is 3.67. The molecule has 0 aromatic heterocycles. The van der Waals surface area contributed by atoms with Gasteiger partial charge in [0.05, 0.1) is 10.7 Å². The maximum atomic E-state index is 12.3. The van der Waals surface area contributed by atoms with Crippen LogP contribution in [0.1, 0.15) is 15.9 Å². The van der Waals surface area contributed by atoms with Crippen LogP contribution in [0.25, 0.3) is 0 Å². The fourth-order valence-corrected chi connectivity index (χ4v) is 2.54. The highest BCUT2D eigenvalue weighted by molar-refractivity contribution is 6.33. The zero-order chi connectivity index (χ0) is 18.4. The van der Waals surface area contributed by atoms with Crippen molar-refractivity contribution >= 4 is 29.0 Å². The summed E-state index contributed by atoms with van der Waals surface area (Å²) in [6.45, 7) is -0.156. The zero-order valence-corrected chi connectivity index (χ0v) is 14.6. The molecule has 0 saturated carbocycles. The lowest BCUT2D eigenvalue weighted by atomic mass is 10.0. The Bertz CT molecular complexity index is 908. The quantitative estimate of drug-likeness (QED) is 0.650. The molecule has 0 aliphatic heterocycles. The molecule has 0 fully saturated rings. The molecule has 3 aromatic rings. The van der Waals surface area contributed by atoms with E-state index >= 15 is 0 Å². The Balaban J connectivity index is 1.57. The number of benzene rings is 3. The standard InChI is InChI=1S/C21H16ClNO3/c22-18-8-4-5-9-19(18)23-20(24)14-26-17-12-10-16(11-13-17)21(25)15-6-2-1-3-7-15/h1-13H,14H2,(H,23,24). The molecule has 0 aliphatic carbocycles. The predicted molar refractivity (Wildman–Crippen MR) is 102 cm³/mol. The molecule has 0 saturated heterocycles. The fraction of sp³-hybridized carbons (Fsp3) is 0.0476. The van der Waals surface area contributed by atoms with Crippen molar-refractivity contribution in [2.75, 3.05) is 11.9 Å². The lowest BCUT2D eigenvalue weighted by Crippen LogP contribution is -2.20. The summed E-state index contributed by atoms with van der Waals surface area (Å²) in [6.07, 6.45) is 0. The Morgan fingerprint density at radius 2 is 1.42 bits per heavy atom. The zero-order valence-electron chi connectivity index (χ0n) is 13.8. The van der Waals surface area contributed by atoms with E-state index in [4.69, 9.17) is 16.3 Å². The van der Waals surface area contributed by atoms with Crippen molar-refractivity contribution in [3.63, 3.8) is 0 Å². The topological polar surface area (TPSA) is 55.4 Å². The molecule has 3 aromatic carbocycles. The Kier molecular flexibility index (Phi) is 5.66. The Labute approximate surface area is 156 Å². The normalized spacial score (nSPS) is 10.2. The first-order valence-electron chi connectivity index (χ1n) is 8.00. The minimum Gasteiger partial charge on any atom is -0.484 e. The molecule has 0 aliphatic rings. The van der Waals surface area contributed by atoms with Gasteiger partial charge in [0.15, 0.2) is 12.4 Å². The van der Waals surface area contributed by atoms with Gasteiger partial charge in [0, 0.05) is 11.1 Å². The lowest BCUT2D eigenvalue weighted by Gasteiger charge is -2.09. The number of ether oxygens (including phenoxy) is 1. The lowest BCUT2D eigenvalue weighted by molar-refractivity contribution is -0.118. The van der Waals surface area contributed by atoms with Crippen LogP contribution in [0.15, 0.2) is 78.9 Å². The molecule has 0 unspecified atom stereocenters. The SMILES string of the molecule is O=C(COc1ccc(C(=O)c2ccccc2)cc1)Nc1ccccc1Cl. The van der Waals surface area contributed by atoms with Crippen LogP contribution in [-0.2, 0) is 4.79 Å². The summed E-state index contributed by atoms with van der Waals surface area (Å²) in [5, 5.41) is 3.14. The molecule has 4 nitrogen and oxygen atoms in total. The highest BCUT2D eigenvalue weighted by Gasteiger charge is 2.09. The second-order valence-corrected chi connectivity index (χ2v) is 5.94. The molecule has 130 valence electrons. The molecule has 0 atom stereocenters. The first kappa shape index (κ1) is 17.7. The summed E-state index contributed by atoms with van der Waals surface area (Å²) in [5.41, 5.74) is 1.72. The summed E-state index contributed by atoms with van der Waals surface area (Å²) in [7, 11) is 0. The fourth-order valence-electron chi connectivity index (χ4n) is 2.36. The number of halogens is 1. The number of nitrogens with one attached hydrogen (secondary N) is 1. The Morgan fingerprint density at radius 1 is 0.808 bits per heavy atom. The van der Waals surface area contributed by atoms with Crippen LogP contribution < -0.4 is 10.1 Å². The second kappa shape index (κ2) is 8.32. The van der Waals surface area contributed by atoms with Crippen molar-refractivity contribution in [1.82, 2.24) is 0 Å². The third-order valence-corrected chi connectivity index (χ3v) is 4.00. The molecule has 3 rings (SSSR count). The van der Waals surface area contributed by atoms with E-state index in [1.807, 2.05) is 18.2 Å². The molecule has 0 bridgehead atoms. The van der Waals surface area contributed by atoms with Crippen molar-refractivity contribution in [3.05, 3.63) is 95.0 Å². The number of carbonyl (C=O) groups is 2. The first-order valence-corrected chi connectivity index (χ1v) is 8.38. The van der Waals surface area contributed by atoms with E-state index in [0.717, 1.165) is 0 Å². The van der Waals surface area contributed by atoms with E-state index in [1.165, 1.54) is 0 Å². The smallest absolute Gasteiger partial charge is 0.262 e. The van der Waals surface area contributed by atoms with E-state index in [2.05, 4.69) is 5.32 Å². The Hall–Kier alpha value is -3.11. The minimum absolute atomic E-state index is 0.0615. The summed E-state index contributed by atoms with van der Waals surface area (Å²) < 4.78 is 5.45. The van der Waals surface area contributed by atoms with Crippen LogP contribution in [0.3, 0.4) is 0 Å². The summed E-state index contributed by atoms with van der Waals surface area (Å²) in [5.74, 6) is 0.125. The molecule has 1 amide bonds. The number of anilines is 1. The minimum atomic E-state index is -0.317. The number of hydrogen-bond donors (Lipinski definition) is 1. The van der Waals surface area contributed by atoms with E-state index in [1.54, 1.807) is 60.7 Å². The molecule has 0 radical (unpaired) electrons. The van der Waals surface area contributed by atoms with Gasteiger partial charge in [0.1, 0.15) is 5.75 Å². The molecular formula is C21H16ClNO3. The van der Waals surface area contributed by atoms with Crippen molar-refractivity contribution in [3.8, 4) is 5.75 Å². The van der Waals surface area contributed by atoms with E-state index in [9.17, 15) is 9.59 Å². The van der Waals surface area contributed by atoms with Crippen LogP contribution in [0.2, 0.25) is 5.02 Å². The molecule has 5 heteroatoms. The van der Waals surface area contributed by atoms with Crippen molar-refractivity contribution in [1.29, 1.82) is 0 Å². The number of amides is 1. The van der Waals surface area contributed by atoms with Gasteiger partial charge in [-0.3, -0.25) is 9.59 Å². The largest absolute Gasteiger partial charge is 0.484 e. The van der Waals surface area contributed by atoms with Crippen LogP contribution in [0.4, 0.5) is 5.69 Å². The van der Waals surface area contributed by atoms with Crippen LogP contribution in [-0.4, -0.2) is 18.3 Å². The average molecular weight is 366 g/mol. The van der Waals surface area contributed by atoms with Crippen LogP contribution in [0, 0.1) is 0 Å². The maximum Gasteiger partial charge on any atom is 0.262 e. The molecule has 0 spiro atoms. The highest BCUT2D eigenvalue weighted by Crippen LogP contribution is 2.20. The summed E-state index contributed by atoms with van der Waals surface area (Å²) >= 11 is 6.00. The molecule has 0 heterocycles. The second-order valence-electron chi connectivity index (χ2n) is 5.54. The highest BCUT2D eigenvalue weighted by atomic mass is 35.5. The van der Waals surface area contributed by atoms with Crippen molar-refractivity contribution in [2.45, 2.75) is 0 Å². The average Bonchev–Trinajstić information content (AvgIpc) is 2.69. The number of rotatable bonds is 6. The first-order chi connectivity index (χ1) is 12.6. The van der Waals surface area contributed by atoms with Gasteiger partial charge in [-0.15, -0.1) is 0 Å². The van der Waals surface area contributed by atoms with Gasteiger partial charge >= 0.3 is 0 Å². The van der Waals surface area contributed by atoms with Gasteiger partial charge in [-0.05, 0) is 36.4 Å². The predicted octanol–water partition coefficient (Wildman–Crippen LogP) is 4.59. The van der Waals surface area contributed by atoms with Crippen LogP contribution in [0.5, 0.6) is 5.75 Å².